The maximum Gasteiger partial charge on any atom is 0.0453 e. The van der Waals surface area contributed by atoms with Crippen molar-refractivity contribution in [2.75, 3.05) is 0 Å². The number of nitrogens with one attached hydrogen (secondary N) is 1. The van der Waals surface area contributed by atoms with E-state index in [2.05, 4.69) is 38.2 Å². The van der Waals surface area contributed by atoms with Crippen molar-refractivity contribution in [3.63, 3.8) is 0 Å². The van der Waals surface area contributed by atoms with Crippen molar-refractivity contribution in [2.24, 2.45) is 5.41 Å². The fourth-order valence-corrected chi connectivity index (χ4v) is 3.40. The van der Waals surface area contributed by atoms with Crippen LogP contribution >= 0.6 is 11.6 Å². The largest absolute Gasteiger partial charge is 0.307 e. The standard InChI is InChI=1S/C17H26ClN/c1-13(15-8-4-5-9-16(15)18)19-14-7-6-11-17(2,3)12-10-14/h4-5,8-9,13-14,19H,6-7,10-12H2,1-3H3. The minimum atomic E-state index is 0.333. The Bertz CT molecular complexity index is 413. The highest BCUT2D eigenvalue weighted by molar-refractivity contribution is 6.31. The van der Waals surface area contributed by atoms with Gasteiger partial charge >= 0.3 is 0 Å². The summed E-state index contributed by atoms with van der Waals surface area (Å²) in [5.74, 6) is 0. The molecule has 2 rings (SSSR count). The van der Waals surface area contributed by atoms with Crippen LogP contribution in [-0.4, -0.2) is 6.04 Å². The van der Waals surface area contributed by atoms with Gasteiger partial charge in [0.15, 0.2) is 0 Å². The van der Waals surface area contributed by atoms with Crippen LogP contribution in [0.15, 0.2) is 24.3 Å². The first-order valence-corrected chi connectivity index (χ1v) is 7.86. The molecule has 106 valence electrons. The zero-order valence-corrected chi connectivity index (χ0v) is 13.1. The van der Waals surface area contributed by atoms with Gasteiger partial charge in [0, 0.05) is 17.1 Å². The molecular weight excluding hydrogens is 254 g/mol. The van der Waals surface area contributed by atoms with E-state index in [0.717, 1.165) is 5.02 Å². The van der Waals surface area contributed by atoms with Gasteiger partial charge in [-0.2, -0.15) is 0 Å². The van der Waals surface area contributed by atoms with Crippen molar-refractivity contribution < 1.29 is 0 Å². The Hall–Kier alpha value is -0.530. The molecule has 2 atom stereocenters. The zero-order valence-electron chi connectivity index (χ0n) is 12.4. The lowest BCUT2D eigenvalue weighted by Gasteiger charge is -2.24. The Morgan fingerprint density at radius 2 is 1.95 bits per heavy atom. The molecule has 1 fully saturated rings. The Kier molecular flexibility index (Phi) is 4.92. The molecule has 2 unspecified atom stereocenters. The second-order valence-corrected chi connectivity index (χ2v) is 7.11. The molecule has 1 nitrogen and oxygen atoms in total. The number of hydrogen-bond donors (Lipinski definition) is 1. The van der Waals surface area contributed by atoms with E-state index >= 15 is 0 Å². The van der Waals surface area contributed by atoms with Crippen LogP contribution in [0, 0.1) is 5.41 Å². The van der Waals surface area contributed by atoms with Crippen LogP contribution in [0.25, 0.3) is 0 Å². The van der Waals surface area contributed by atoms with Crippen LogP contribution in [0.4, 0.5) is 0 Å². The summed E-state index contributed by atoms with van der Waals surface area (Å²) in [4.78, 5) is 0. The minimum Gasteiger partial charge on any atom is -0.307 e. The third kappa shape index (κ3) is 4.22. The second kappa shape index (κ2) is 6.28. The summed E-state index contributed by atoms with van der Waals surface area (Å²) in [6.45, 7) is 7.01. The van der Waals surface area contributed by atoms with Crippen LogP contribution in [-0.2, 0) is 0 Å². The highest BCUT2D eigenvalue weighted by Gasteiger charge is 2.25. The molecule has 1 aromatic carbocycles. The zero-order chi connectivity index (χ0) is 13.9. The van der Waals surface area contributed by atoms with Crippen LogP contribution in [0.3, 0.4) is 0 Å². The van der Waals surface area contributed by atoms with Crippen LogP contribution in [0.5, 0.6) is 0 Å². The van der Waals surface area contributed by atoms with Crippen molar-refractivity contribution in [2.45, 2.75) is 65.0 Å². The third-order valence-corrected chi connectivity index (χ3v) is 4.78. The van der Waals surface area contributed by atoms with Crippen LogP contribution < -0.4 is 5.32 Å². The molecule has 0 spiro atoms. The summed E-state index contributed by atoms with van der Waals surface area (Å²) in [6, 6.07) is 9.13. The van der Waals surface area contributed by atoms with E-state index in [0.29, 0.717) is 17.5 Å². The molecule has 0 aromatic heterocycles. The number of benzene rings is 1. The van der Waals surface area contributed by atoms with Gasteiger partial charge in [-0.05, 0) is 49.7 Å². The van der Waals surface area contributed by atoms with Gasteiger partial charge in [-0.3, -0.25) is 0 Å². The van der Waals surface area contributed by atoms with Gasteiger partial charge in [-0.15, -0.1) is 0 Å². The van der Waals surface area contributed by atoms with Gasteiger partial charge in [0.25, 0.3) is 0 Å². The highest BCUT2D eigenvalue weighted by atomic mass is 35.5. The summed E-state index contributed by atoms with van der Waals surface area (Å²) in [6.07, 6.45) is 6.57. The Morgan fingerprint density at radius 3 is 2.68 bits per heavy atom. The summed E-state index contributed by atoms with van der Waals surface area (Å²) in [5, 5.41) is 4.64. The molecule has 2 heteroatoms. The molecule has 1 aliphatic rings. The molecule has 0 aliphatic heterocycles. The second-order valence-electron chi connectivity index (χ2n) is 6.70. The van der Waals surface area contributed by atoms with Crippen LogP contribution in [0.2, 0.25) is 5.02 Å². The summed E-state index contributed by atoms with van der Waals surface area (Å²) < 4.78 is 0. The van der Waals surface area contributed by atoms with E-state index in [9.17, 15) is 0 Å². The predicted octanol–water partition coefficient (Wildman–Crippen LogP) is 5.35. The Balaban J connectivity index is 1.96. The Morgan fingerprint density at radius 1 is 1.21 bits per heavy atom. The maximum absolute atomic E-state index is 6.27. The topological polar surface area (TPSA) is 12.0 Å². The van der Waals surface area contributed by atoms with E-state index in [1.807, 2.05) is 12.1 Å². The first-order chi connectivity index (χ1) is 8.98. The number of hydrogen-bond acceptors (Lipinski definition) is 1. The molecular formula is C17H26ClN. The molecule has 1 aromatic rings. The van der Waals surface area contributed by atoms with Gasteiger partial charge in [0.1, 0.15) is 0 Å². The van der Waals surface area contributed by atoms with E-state index in [1.165, 1.54) is 37.7 Å². The summed E-state index contributed by atoms with van der Waals surface area (Å²) in [7, 11) is 0. The number of halogens is 1. The molecule has 0 heterocycles. The van der Waals surface area contributed by atoms with Crippen LogP contribution in [0.1, 0.15) is 64.5 Å². The highest BCUT2D eigenvalue weighted by Crippen LogP contribution is 2.34. The molecule has 1 N–H and O–H groups in total. The average Bonchev–Trinajstić information content (AvgIpc) is 2.51. The lowest BCUT2D eigenvalue weighted by Crippen LogP contribution is -2.31. The van der Waals surface area contributed by atoms with Crippen molar-refractivity contribution in [1.29, 1.82) is 0 Å². The molecule has 0 bridgehead atoms. The molecule has 0 radical (unpaired) electrons. The first kappa shape index (κ1) is 14.9. The average molecular weight is 280 g/mol. The third-order valence-electron chi connectivity index (χ3n) is 4.43. The lowest BCUT2D eigenvalue weighted by atomic mass is 9.85. The normalized spacial score (nSPS) is 24.7. The van der Waals surface area contributed by atoms with Crippen molar-refractivity contribution in [3.05, 3.63) is 34.9 Å². The monoisotopic (exact) mass is 279 g/mol. The smallest absolute Gasteiger partial charge is 0.0453 e. The van der Waals surface area contributed by atoms with Crippen molar-refractivity contribution in [1.82, 2.24) is 5.32 Å². The fourth-order valence-electron chi connectivity index (χ4n) is 3.10. The van der Waals surface area contributed by atoms with Crippen molar-refractivity contribution >= 4 is 11.6 Å². The van der Waals surface area contributed by atoms with Gasteiger partial charge in [-0.25, -0.2) is 0 Å². The quantitative estimate of drug-likeness (QED) is 0.736. The molecule has 0 amide bonds. The van der Waals surface area contributed by atoms with Gasteiger partial charge in [0.2, 0.25) is 0 Å². The number of rotatable bonds is 3. The SMILES string of the molecule is CC(NC1CCCC(C)(C)CC1)c1ccccc1Cl. The fraction of sp³-hybridized carbons (Fsp3) is 0.647. The van der Waals surface area contributed by atoms with Crippen molar-refractivity contribution in [3.8, 4) is 0 Å². The first-order valence-electron chi connectivity index (χ1n) is 7.48. The van der Waals surface area contributed by atoms with Gasteiger partial charge in [-0.1, -0.05) is 50.1 Å². The van der Waals surface area contributed by atoms with E-state index in [4.69, 9.17) is 11.6 Å². The van der Waals surface area contributed by atoms with E-state index in [-0.39, 0.29) is 0 Å². The molecule has 19 heavy (non-hydrogen) atoms. The van der Waals surface area contributed by atoms with E-state index in [1.54, 1.807) is 0 Å². The summed E-state index contributed by atoms with van der Waals surface area (Å²) >= 11 is 6.27. The maximum atomic E-state index is 6.27. The molecule has 0 saturated heterocycles. The molecule has 1 saturated carbocycles. The summed E-state index contributed by atoms with van der Waals surface area (Å²) in [5.41, 5.74) is 1.73. The van der Waals surface area contributed by atoms with E-state index < -0.39 is 0 Å². The van der Waals surface area contributed by atoms with Gasteiger partial charge < -0.3 is 5.32 Å². The lowest BCUT2D eigenvalue weighted by molar-refractivity contribution is 0.307. The molecule has 1 aliphatic carbocycles. The minimum absolute atomic E-state index is 0.333. The Labute approximate surface area is 122 Å². The predicted molar refractivity (Wildman–Crippen MR) is 83.7 cm³/mol. The van der Waals surface area contributed by atoms with Gasteiger partial charge in [0.05, 0.1) is 0 Å².